The summed E-state index contributed by atoms with van der Waals surface area (Å²) in [7, 11) is -2.91. The van der Waals surface area contributed by atoms with E-state index < -0.39 is 8.07 Å². The van der Waals surface area contributed by atoms with E-state index >= 15 is 0 Å². The molecule has 6 heteroatoms. The molecule has 0 amide bonds. The monoisotopic (exact) mass is 690 g/mol. The van der Waals surface area contributed by atoms with Crippen molar-refractivity contribution < 1.29 is 62.0 Å². The van der Waals surface area contributed by atoms with Gasteiger partial charge in [-0.1, -0.05) is 0 Å². The molecule has 230 valence electrons. The molecule has 0 bridgehead atoms. The molecule has 0 saturated heterocycles. The Morgan fingerprint density at radius 1 is 0.605 bits per heavy atom. The quantitative estimate of drug-likeness (QED) is 0.255. The first-order chi connectivity index (χ1) is 18.3. The van der Waals surface area contributed by atoms with Gasteiger partial charge in [-0.3, -0.25) is 0 Å². The van der Waals surface area contributed by atoms with E-state index in [2.05, 4.69) is 152 Å². The molecule has 0 aliphatic heterocycles. The van der Waals surface area contributed by atoms with Crippen LogP contribution in [-0.2, 0) is 31.3 Å². The van der Waals surface area contributed by atoms with Crippen LogP contribution in [0.4, 0.5) is 4.39 Å². The number of allylic oxidation sites excluding steroid dienone is 4. The summed E-state index contributed by atoms with van der Waals surface area (Å²) in [6.45, 7) is 27.8. The van der Waals surface area contributed by atoms with Crippen molar-refractivity contribution in [2.75, 3.05) is 0 Å². The predicted molar refractivity (Wildman–Crippen MR) is 170 cm³/mol. The fourth-order valence-electron chi connectivity index (χ4n) is 6.84. The van der Waals surface area contributed by atoms with Crippen molar-refractivity contribution >= 4 is 23.6 Å². The Hall–Kier alpha value is -1.13. The standard InChI is InChI=1S/C37H46FSi.3ClH.Ti/c1-24-17-25(2)19-33(18-24)39(32-15-13-31(38)14-16-32,37(12)23-26(3)27(4)28(37)5)34-21-29(35(6,7)8)20-30(22-34)36(9,10)11;;;;/h13-22H,1-12H3;3*1H;/q;;;;+3/p-3. The van der Waals surface area contributed by atoms with E-state index in [0.717, 1.165) is 0 Å². The number of hydrogen-bond acceptors (Lipinski definition) is 0. The van der Waals surface area contributed by atoms with Gasteiger partial charge in [0.15, 0.2) is 0 Å². The second-order valence-electron chi connectivity index (χ2n) is 14.3. The minimum Gasteiger partial charge on any atom is -1.00 e. The van der Waals surface area contributed by atoms with E-state index in [1.165, 1.54) is 58.4 Å². The maximum absolute atomic E-state index is 14.6. The normalized spacial score (nSPS) is 18.5. The zero-order valence-electron chi connectivity index (χ0n) is 27.8. The molecule has 0 nitrogen and oxygen atoms in total. The SMILES string of the molecule is CC1=C(C)C(C)([Si](c2ccc(F)cc2)(c2cc(C)cc(C)c2)c2cc(C(C)(C)C)cc(C(C)(C)C)c2)[C]([Ti+3])=C1C.[Cl-].[Cl-].[Cl-]. The number of rotatable bonds is 4. The largest absolute Gasteiger partial charge is 1.00 e. The molecule has 3 aromatic carbocycles. The molecule has 0 fully saturated rings. The molecule has 1 aliphatic carbocycles. The molecule has 3 aromatic rings. The first-order valence-electron chi connectivity index (χ1n) is 14.5. The Labute approximate surface area is 292 Å². The average molecular weight is 692 g/mol. The topological polar surface area (TPSA) is 0 Å². The zero-order chi connectivity index (χ0) is 30.0. The van der Waals surface area contributed by atoms with Gasteiger partial charge >= 0.3 is 257 Å². The summed E-state index contributed by atoms with van der Waals surface area (Å²) < 4.78 is 16.0. The van der Waals surface area contributed by atoms with Gasteiger partial charge in [-0.15, -0.1) is 0 Å². The molecule has 2 atom stereocenters. The molecule has 4 rings (SSSR count). The van der Waals surface area contributed by atoms with Crippen molar-refractivity contribution in [3.05, 3.63) is 109 Å². The van der Waals surface area contributed by atoms with Crippen LogP contribution in [0.15, 0.2) is 81.3 Å². The molecule has 0 aromatic heterocycles. The summed E-state index contributed by atoms with van der Waals surface area (Å²) in [5.74, 6) is -0.186. The Balaban J connectivity index is 0.00000308. The van der Waals surface area contributed by atoms with Crippen molar-refractivity contribution in [3.8, 4) is 0 Å². The van der Waals surface area contributed by atoms with Crippen LogP contribution >= 0.6 is 0 Å². The molecule has 43 heavy (non-hydrogen) atoms. The number of aryl methyl sites for hydroxylation is 2. The molecule has 0 radical (unpaired) electrons. The minimum atomic E-state index is -2.91. The first kappa shape index (κ1) is 39.9. The van der Waals surface area contributed by atoms with Gasteiger partial charge in [0.1, 0.15) is 0 Å². The van der Waals surface area contributed by atoms with Crippen molar-refractivity contribution in [1.82, 2.24) is 0 Å². The molecule has 0 heterocycles. The third-order valence-electron chi connectivity index (χ3n) is 9.53. The first-order valence-corrected chi connectivity index (χ1v) is 17.3. The molecule has 1 aliphatic rings. The third-order valence-corrected chi connectivity index (χ3v) is 16.9. The van der Waals surface area contributed by atoms with Crippen molar-refractivity contribution in [1.29, 1.82) is 0 Å². The van der Waals surface area contributed by atoms with Crippen LogP contribution in [0.1, 0.15) is 91.5 Å². The van der Waals surface area contributed by atoms with Gasteiger partial charge in [0.25, 0.3) is 0 Å². The van der Waals surface area contributed by atoms with E-state index in [-0.39, 0.29) is 58.9 Å². The molecular formula is C37H46Cl3FSiTi. The molecular weight excluding hydrogens is 646 g/mol. The fourth-order valence-corrected chi connectivity index (χ4v) is 14.6. The smallest absolute Gasteiger partial charge is 1.00 e. The average Bonchev–Trinajstić information content (AvgIpc) is 3.00. The van der Waals surface area contributed by atoms with Gasteiger partial charge in [-0.25, -0.2) is 0 Å². The Morgan fingerprint density at radius 2 is 1.02 bits per heavy atom. The summed E-state index contributed by atoms with van der Waals surface area (Å²) in [5.41, 5.74) is 9.46. The van der Waals surface area contributed by atoms with Crippen LogP contribution in [0.3, 0.4) is 0 Å². The molecule has 0 saturated carbocycles. The number of benzene rings is 3. The van der Waals surface area contributed by atoms with Crippen molar-refractivity contribution in [3.63, 3.8) is 0 Å². The van der Waals surface area contributed by atoms with Gasteiger partial charge in [-0.2, -0.15) is 0 Å². The van der Waals surface area contributed by atoms with E-state index in [0.29, 0.717) is 0 Å². The maximum Gasteiger partial charge on any atom is -1.00 e. The summed E-state index contributed by atoms with van der Waals surface area (Å²) in [4.78, 5) is 0. The fraction of sp³-hybridized carbons (Fsp3) is 0.405. The van der Waals surface area contributed by atoms with E-state index in [1.54, 1.807) is 12.1 Å². The predicted octanol–water partition coefficient (Wildman–Crippen LogP) is -0.549. The van der Waals surface area contributed by atoms with Crippen LogP contribution in [0.2, 0.25) is 5.04 Å². The minimum absolute atomic E-state index is 0. The summed E-state index contributed by atoms with van der Waals surface area (Å²) in [6, 6.07) is 22.1. The third kappa shape index (κ3) is 6.72. The second-order valence-corrected chi connectivity index (χ2v) is 19.3. The van der Waals surface area contributed by atoms with E-state index in [1.807, 2.05) is 0 Å². The molecule has 0 spiro atoms. The summed E-state index contributed by atoms with van der Waals surface area (Å²) in [5, 5.41) is 3.83. The van der Waals surface area contributed by atoms with Gasteiger partial charge < -0.3 is 37.2 Å². The Kier molecular flexibility index (Phi) is 12.7. The van der Waals surface area contributed by atoms with Crippen LogP contribution in [0.5, 0.6) is 0 Å². The Bertz CT molecular complexity index is 1470. The van der Waals surface area contributed by atoms with E-state index in [9.17, 15) is 4.39 Å². The number of hydrogen-bond donors (Lipinski definition) is 0. The number of halogens is 4. The maximum atomic E-state index is 14.6. The molecule has 0 N–H and O–H groups in total. The van der Waals surface area contributed by atoms with Crippen LogP contribution < -0.4 is 52.8 Å². The van der Waals surface area contributed by atoms with Crippen molar-refractivity contribution in [2.24, 2.45) is 0 Å². The second kappa shape index (κ2) is 13.7. The van der Waals surface area contributed by atoms with E-state index in [4.69, 9.17) is 0 Å². The Morgan fingerprint density at radius 3 is 1.40 bits per heavy atom. The van der Waals surface area contributed by atoms with Crippen molar-refractivity contribution in [2.45, 2.75) is 99.0 Å². The summed E-state index contributed by atoms with van der Waals surface area (Å²) in [6.07, 6.45) is 0. The van der Waals surface area contributed by atoms with Crippen LogP contribution in [0.25, 0.3) is 0 Å². The molecule has 2 unspecified atom stereocenters. The zero-order valence-corrected chi connectivity index (χ0v) is 32.6. The van der Waals surface area contributed by atoms with Crippen LogP contribution in [-0.4, -0.2) is 8.07 Å². The van der Waals surface area contributed by atoms with Gasteiger partial charge in [0, 0.05) is 0 Å². The van der Waals surface area contributed by atoms with Crippen LogP contribution in [0, 0.1) is 19.7 Å². The van der Waals surface area contributed by atoms with Gasteiger partial charge in [0.05, 0.1) is 0 Å². The van der Waals surface area contributed by atoms with Gasteiger partial charge in [0.2, 0.25) is 0 Å². The van der Waals surface area contributed by atoms with Gasteiger partial charge in [-0.05, 0) is 0 Å². The summed E-state index contributed by atoms with van der Waals surface area (Å²) >= 11 is 2.35.